The van der Waals surface area contributed by atoms with E-state index in [1.165, 1.54) is 0 Å². The fourth-order valence-corrected chi connectivity index (χ4v) is 3.81. The number of aromatic nitrogens is 4. The minimum atomic E-state index is -0.228. The summed E-state index contributed by atoms with van der Waals surface area (Å²) in [7, 11) is 3.34. The first kappa shape index (κ1) is 20.5. The second kappa shape index (κ2) is 8.45. The standard InChI is InChI=1S/C20H32N6O2/c1-7-24-11-13-25(14-12-24)17(19-21-22-23-26(19)20(2,3)4)15-9-8-10-16(27-5)18(15)28-6/h8-10,17H,7,11-14H2,1-6H3/t17-/m1/s1. The third kappa shape index (κ3) is 3.98. The maximum atomic E-state index is 5.77. The lowest BCUT2D eigenvalue weighted by Crippen LogP contribution is -2.48. The molecule has 1 aliphatic heterocycles. The molecule has 0 aliphatic carbocycles. The first-order valence-corrected chi connectivity index (χ1v) is 9.86. The van der Waals surface area contributed by atoms with Crippen LogP contribution in [0.15, 0.2) is 18.2 Å². The molecule has 1 aromatic heterocycles. The van der Waals surface area contributed by atoms with Crippen molar-refractivity contribution in [3.63, 3.8) is 0 Å². The van der Waals surface area contributed by atoms with Crippen LogP contribution in [0.3, 0.4) is 0 Å². The van der Waals surface area contributed by atoms with Crippen LogP contribution in [0.1, 0.15) is 45.1 Å². The Labute approximate surface area is 167 Å². The predicted molar refractivity (Wildman–Crippen MR) is 108 cm³/mol. The number of tetrazole rings is 1. The Morgan fingerprint density at radius 2 is 1.79 bits per heavy atom. The molecule has 1 saturated heterocycles. The fraction of sp³-hybridized carbons (Fsp3) is 0.650. The molecule has 0 radical (unpaired) electrons. The van der Waals surface area contributed by atoms with Crippen molar-refractivity contribution in [2.45, 2.75) is 39.3 Å². The summed E-state index contributed by atoms with van der Waals surface area (Å²) in [5, 5.41) is 12.8. The summed E-state index contributed by atoms with van der Waals surface area (Å²) in [4.78, 5) is 4.90. The van der Waals surface area contributed by atoms with Crippen molar-refractivity contribution in [1.29, 1.82) is 0 Å². The van der Waals surface area contributed by atoms with Gasteiger partial charge in [-0.1, -0.05) is 19.1 Å². The van der Waals surface area contributed by atoms with Crippen molar-refractivity contribution in [3.8, 4) is 11.5 Å². The van der Waals surface area contributed by atoms with Gasteiger partial charge in [-0.15, -0.1) is 5.10 Å². The molecule has 1 atom stereocenters. The Hall–Kier alpha value is -2.19. The Morgan fingerprint density at radius 1 is 1.07 bits per heavy atom. The molecule has 0 amide bonds. The number of methoxy groups -OCH3 is 2. The number of rotatable bonds is 6. The highest BCUT2D eigenvalue weighted by atomic mass is 16.5. The number of benzene rings is 1. The molecular weight excluding hydrogens is 356 g/mol. The summed E-state index contributed by atoms with van der Waals surface area (Å²) in [5.41, 5.74) is 0.793. The van der Waals surface area contributed by atoms with Crippen molar-refractivity contribution < 1.29 is 9.47 Å². The maximum Gasteiger partial charge on any atom is 0.173 e. The average Bonchev–Trinajstić information content (AvgIpc) is 3.18. The van der Waals surface area contributed by atoms with Crippen LogP contribution in [0.2, 0.25) is 0 Å². The summed E-state index contributed by atoms with van der Waals surface area (Å²) >= 11 is 0. The number of piperazine rings is 1. The third-order valence-corrected chi connectivity index (χ3v) is 5.32. The Bertz CT molecular complexity index is 777. The van der Waals surface area contributed by atoms with Gasteiger partial charge in [0.2, 0.25) is 0 Å². The number of ether oxygens (including phenoxy) is 2. The monoisotopic (exact) mass is 388 g/mol. The highest BCUT2D eigenvalue weighted by Crippen LogP contribution is 2.40. The Morgan fingerprint density at radius 3 is 2.36 bits per heavy atom. The first-order chi connectivity index (χ1) is 13.4. The van der Waals surface area contributed by atoms with Gasteiger partial charge >= 0.3 is 0 Å². The molecular formula is C20H32N6O2. The van der Waals surface area contributed by atoms with E-state index >= 15 is 0 Å². The summed E-state index contributed by atoms with van der Waals surface area (Å²) in [6.45, 7) is 13.5. The van der Waals surface area contributed by atoms with Crippen molar-refractivity contribution in [1.82, 2.24) is 30.0 Å². The normalized spacial score (nSPS) is 17.5. The van der Waals surface area contributed by atoms with Crippen LogP contribution in [0.5, 0.6) is 11.5 Å². The Balaban J connectivity index is 2.11. The van der Waals surface area contributed by atoms with Crippen LogP contribution in [0, 0.1) is 0 Å². The lowest BCUT2D eigenvalue weighted by molar-refractivity contribution is 0.105. The van der Waals surface area contributed by atoms with E-state index < -0.39 is 0 Å². The van der Waals surface area contributed by atoms with Crippen LogP contribution >= 0.6 is 0 Å². The van der Waals surface area contributed by atoms with Gasteiger partial charge in [0, 0.05) is 31.7 Å². The number of para-hydroxylation sites is 1. The van der Waals surface area contributed by atoms with Gasteiger partial charge in [0.05, 0.1) is 19.8 Å². The van der Waals surface area contributed by atoms with Gasteiger partial charge in [-0.05, 0) is 43.8 Å². The lowest BCUT2D eigenvalue weighted by Gasteiger charge is -2.39. The van der Waals surface area contributed by atoms with Crippen LogP contribution in [-0.2, 0) is 5.54 Å². The molecule has 1 aliphatic rings. The van der Waals surface area contributed by atoms with E-state index in [0.717, 1.165) is 49.9 Å². The molecule has 2 aromatic rings. The van der Waals surface area contributed by atoms with Gasteiger partial charge in [0.25, 0.3) is 0 Å². The minimum absolute atomic E-state index is 0.113. The first-order valence-electron chi connectivity index (χ1n) is 9.86. The van der Waals surface area contributed by atoms with Gasteiger partial charge < -0.3 is 14.4 Å². The van der Waals surface area contributed by atoms with Gasteiger partial charge in [-0.3, -0.25) is 4.90 Å². The van der Waals surface area contributed by atoms with Crippen molar-refractivity contribution in [2.24, 2.45) is 0 Å². The van der Waals surface area contributed by atoms with E-state index in [0.29, 0.717) is 5.75 Å². The van der Waals surface area contributed by atoms with Crippen LogP contribution in [0.4, 0.5) is 0 Å². The molecule has 154 valence electrons. The molecule has 8 nitrogen and oxygen atoms in total. The largest absolute Gasteiger partial charge is 0.493 e. The summed E-state index contributed by atoms with van der Waals surface area (Å²) < 4.78 is 13.2. The molecule has 2 heterocycles. The molecule has 0 N–H and O–H groups in total. The van der Waals surface area contributed by atoms with E-state index in [-0.39, 0.29) is 11.6 Å². The molecule has 3 rings (SSSR count). The van der Waals surface area contributed by atoms with E-state index in [2.05, 4.69) is 59.1 Å². The zero-order chi connectivity index (χ0) is 20.3. The molecule has 1 aromatic carbocycles. The minimum Gasteiger partial charge on any atom is -0.493 e. The van der Waals surface area contributed by atoms with Crippen LogP contribution in [0.25, 0.3) is 0 Å². The number of hydrogen-bond acceptors (Lipinski definition) is 7. The zero-order valence-electron chi connectivity index (χ0n) is 17.8. The lowest BCUT2D eigenvalue weighted by atomic mass is 10.00. The van der Waals surface area contributed by atoms with E-state index in [1.807, 2.05) is 16.8 Å². The summed E-state index contributed by atoms with van der Waals surface area (Å²) in [6.07, 6.45) is 0. The Kier molecular flexibility index (Phi) is 6.20. The average molecular weight is 389 g/mol. The third-order valence-electron chi connectivity index (χ3n) is 5.32. The maximum absolute atomic E-state index is 5.77. The second-order valence-corrected chi connectivity index (χ2v) is 8.08. The number of nitrogens with zero attached hydrogens (tertiary/aromatic N) is 6. The SMILES string of the molecule is CCN1CCN([C@H](c2cccc(OC)c2OC)c2nnnn2C(C)(C)C)CC1. The molecule has 8 heteroatoms. The molecule has 0 saturated carbocycles. The van der Waals surface area contributed by atoms with Crippen LogP contribution in [-0.4, -0.2) is 77.0 Å². The van der Waals surface area contributed by atoms with Gasteiger partial charge in [-0.2, -0.15) is 0 Å². The molecule has 1 fully saturated rings. The van der Waals surface area contributed by atoms with Crippen LogP contribution < -0.4 is 9.47 Å². The molecule has 0 bridgehead atoms. The van der Waals surface area contributed by atoms with E-state index in [9.17, 15) is 0 Å². The number of hydrogen-bond donors (Lipinski definition) is 0. The van der Waals surface area contributed by atoms with Gasteiger partial charge in [0.1, 0.15) is 6.04 Å². The number of likely N-dealkylation sites (N-methyl/N-ethyl adjacent to an activating group) is 1. The van der Waals surface area contributed by atoms with Crippen molar-refractivity contribution in [3.05, 3.63) is 29.6 Å². The van der Waals surface area contributed by atoms with Gasteiger partial charge in [-0.25, -0.2) is 4.68 Å². The van der Waals surface area contributed by atoms with E-state index in [4.69, 9.17) is 9.47 Å². The van der Waals surface area contributed by atoms with Crippen molar-refractivity contribution in [2.75, 3.05) is 46.9 Å². The fourth-order valence-electron chi connectivity index (χ4n) is 3.81. The quantitative estimate of drug-likeness (QED) is 0.751. The molecule has 0 spiro atoms. The zero-order valence-corrected chi connectivity index (χ0v) is 17.8. The summed E-state index contributed by atoms with van der Waals surface area (Å²) in [5.74, 6) is 2.27. The molecule has 0 unspecified atom stereocenters. The highest BCUT2D eigenvalue weighted by molar-refractivity contribution is 5.49. The second-order valence-electron chi connectivity index (χ2n) is 8.08. The van der Waals surface area contributed by atoms with Crippen molar-refractivity contribution >= 4 is 0 Å². The highest BCUT2D eigenvalue weighted by Gasteiger charge is 2.35. The predicted octanol–water partition coefficient (Wildman–Crippen LogP) is 2.17. The topological polar surface area (TPSA) is 68.5 Å². The summed E-state index contributed by atoms with van der Waals surface area (Å²) in [6, 6.07) is 5.89. The van der Waals surface area contributed by atoms with E-state index in [1.54, 1.807) is 14.2 Å². The van der Waals surface area contributed by atoms with Gasteiger partial charge in [0.15, 0.2) is 17.3 Å². The smallest absolute Gasteiger partial charge is 0.173 e. The molecule has 28 heavy (non-hydrogen) atoms.